The summed E-state index contributed by atoms with van der Waals surface area (Å²) in [4.78, 5) is 16.4. The van der Waals surface area contributed by atoms with Crippen molar-refractivity contribution in [3.8, 4) is 0 Å². The Kier molecular flexibility index (Phi) is 10.5. The van der Waals surface area contributed by atoms with Crippen molar-refractivity contribution in [3.05, 3.63) is 88.3 Å². The van der Waals surface area contributed by atoms with E-state index in [1.165, 1.54) is 25.1 Å². The molecule has 1 N–H and O–H groups in total. The highest BCUT2D eigenvalue weighted by atomic mass is 35.5. The number of hydrazone groups is 1. The molecule has 0 saturated carbocycles. The minimum Gasteiger partial charge on any atom is -0.449 e. The molecule has 7 nitrogen and oxygen atoms in total. The smallest absolute Gasteiger partial charge is 0.249 e. The third-order valence-electron chi connectivity index (χ3n) is 7.42. The van der Waals surface area contributed by atoms with E-state index in [1.807, 2.05) is 13.8 Å². The zero-order chi connectivity index (χ0) is 31.3. The number of amides is 1. The molecule has 0 radical (unpaired) electrons. The van der Waals surface area contributed by atoms with Crippen LogP contribution in [0.2, 0.25) is 5.22 Å². The van der Waals surface area contributed by atoms with Gasteiger partial charge in [0.1, 0.15) is 23.2 Å². The van der Waals surface area contributed by atoms with Gasteiger partial charge in [0.25, 0.3) is 0 Å². The number of ether oxygens (including phenoxy) is 1. The quantitative estimate of drug-likeness (QED) is 0.290. The van der Waals surface area contributed by atoms with Gasteiger partial charge in [0.2, 0.25) is 5.91 Å². The fourth-order valence-electron chi connectivity index (χ4n) is 5.45. The van der Waals surface area contributed by atoms with Gasteiger partial charge in [-0.2, -0.15) is 5.10 Å². The van der Waals surface area contributed by atoms with E-state index in [0.717, 1.165) is 42.7 Å². The van der Waals surface area contributed by atoms with Crippen LogP contribution < -0.4 is 10.3 Å². The molecule has 3 aromatic rings. The minimum atomic E-state index is -1.77. The number of carbonyl (C=O) groups is 1. The first kappa shape index (κ1) is 32.5. The van der Waals surface area contributed by atoms with E-state index in [4.69, 9.17) is 20.8 Å². The van der Waals surface area contributed by atoms with Crippen LogP contribution in [0.1, 0.15) is 51.4 Å². The number of hydrogen-bond donors (Lipinski definition) is 1. The first-order valence-corrected chi connectivity index (χ1v) is 14.7. The number of furan rings is 1. The molecule has 0 bridgehead atoms. The van der Waals surface area contributed by atoms with E-state index in [0.29, 0.717) is 25.3 Å². The molecular formula is C31H35ClF4N4O3. The van der Waals surface area contributed by atoms with Crippen LogP contribution in [0.15, 0.2) is 58.0 Å². The minimum absolute atomic E-state index is 0.000259. The number of nitrogens with zero attached hydrogens (tertiary/aromatic N) is 3. The summed E-state index contributed by atoms with van der Waals surface area (Å²) < 4.78 is 69.6. The first-order valence-electron chi connectivity index (χ1n) is 14.3. The molecule has 1 saturated heterocycles. The lowest BCUT2D eigenvalue weighted by Crippen LogP contribution is -2.59. The predicted molar refractivity (Wildman–Crippen MR) is 157 cm³/mol. The lowest BCUT2D eigenvalue weighted by molar-refractivity contribution is -0.127. The molecule has 3 unspecified atom stereocenters. The molecule has 1 fully saturated rings. The van der Waals surface area contributed by atoms with E-state index in [9.17, 15) is 13.6 Å². The Morgan fingerprint density at radius 2 is 1.77 bits per heavy atom. The zero-order valence-corrected chi connectivity index (χ0v) is 25.2. The number of halogens is 5. The maximum Gasteiger partial charge on any atom is 0.249 e. The number of benzene rings is 2. The summed E-state index contributed by atoms with van der Waals surface area (Å²) in [5, 5.41) is 8.49. The Hall–Kier alpha value is -3.41. The number of carbonyl (C=O) groups excluding carboxylic acids is 1. The lowest BCUT2D eigenvalue weighted by Gasteiger charge is -2.38. The Balaban J connectivity index is 0.00000207. The van der Waals surface area contributed by atoms with Gasteiger partial charge in [-0.25, -0.2) is 22.6 Å². The number of anilines is 1. The van der Waals surface area contributed by atoms with Gasteiger partial charge in [-0.05, 0) is 67.9 Å². The second kappa shape index (κ2) is 13.9. The summed E-state index contributed by atoms with van der Waals surface area (Å²) in [6.07, 6.45) is 0.676. The highest BCUT2D eigenvalue weighted by Crippen LogP contribution is 2.46. The van der Waals surface area contributed by atoms with Gasteiger partial charge in [-0.15, -0.1) is 0 Å². The lowest BCUT2D eigenvalue weighted by atomic mass is 9.78. The van der Waals surface area contributed by atoms with E-state index in [-0.39, 0.29) is 40.6 Å². The Morgan fingerprint density at radius 1 is 1.07 bits per heavy atom. The van der Waals surface area contributed by atoms with Gasteiger partial charge in [-0.3, -0.25) is 9.69 Å². The Labute approximate surface area is 253 Å². The maximum atomic E-state index is 15.2. The highest BCUT2D eigenvalue weighted by molar-refractivity contribution is 6.28. The topological polar surface area (TPSA) is 70.3 Å². The van der Waals surface area contributed by atoms with Crippen molar-refractivity contribution in [2.24, 2.45) is 5.10 Å². The molecule has 43 heavy (non-hydrogen) atoms. The molecule has 12 heteroatoms. The van der Waals surface area contributed by atoms with Crippen molar-refractivity contribution in [1.29, 1.82) is 0 Å². The van der Waals surface area contributed by atoms with Gasteiger partial charge in [0, 0.05) is 37.3 Å². The summed E-state index contributed by atoms with van der Waals surface area (Å²) in [6.45, 7) is 10.5. The molecule has 1 aromatic heterocycles. The molecular weight excluding hydrogens is 588 g/mol. The van der Waals surface area contributed by atoms with E-state index in [1.54, 1.807) is 0 Å². The molecule has 3 atom stereocenters. The number of rotatable bonds is 8. The summed E-state index contributed by atoms with van der Waals surface area (Å²) >= 11 is 6.09. The first-order chi connectivity index (χ1) is 20.6. The van der Waals surface area contributed by atoms with Crippen LogP contribution >= 0.6 is 11.6 Å². The molecule has 2 aliphatic rings. The van der Waals surface area contributed by atoms with Crippen LogP contribution in [0.25, 0.3) is 0 Å². The number of nitrogens with one attached hydrogen (secondary N) is 1. The average Bonchev–Trinajstić information content (AvgIpc) is 3.54. The summed E-state index contributed by atoms with van der Waals surface area (Å²) in [5.74, 6) is -5.17. The third kappa shape index (κ3) is 6.73. The van der Waals surface area contributed by atoms with Crippen LogP contribution in [0.4, 0.5) is 23.2 Å². The zero-order valence-electron chi connectivity index (χ0n) is 24.5. The van der Waals surface area contributed by atoms with Crippen LogP contribution in [0, 0.1) is 23.3 Å². The van der Waals surface area contributed by atoms with Crippen molar-refractivity contribution >= 4 is 28.9 Å². The third-order valence-corrected chi connectivity index (χ3v) is 7.62. The van der Waals surface area contributed by atoms with Crippen LogP contribution in [-0.4, -0.2) is 60.9 Å². The SMILES string of the molecule is CC.CCCN1CCOC(CNC(=O)C2(C)C(c3ccc(Cl)o3)C(c3ccc(F)cc3F)=NN2c2ccc(F)cc2F)C1. The van der Waals surface area contributed by atoms with Crippen molar-refractivity contribution in [1.82, 2.24) is 10.2 Å². The van der Waals surface area contributed by atoms with Crippen molar-refractivity contribution in [2.75, 3.05) is 37.8 Å². The summed E-state index contributed by atoms with van der Waals surface area (Å²) in [5.41, 5.74) is -2.16. The largest absolute Gasteiger partial charge is 0.449 e. The fourth-order valence-corrected chi connectivity index (χ4v) is 5.60. The van der Waals surface area contributed by atoms with Gasteiger partial charge < -0.3 is 14.5 Å². The van der Waals surface area contributed by atoms with Crippen LogP contribution in [0.3, 0.4) is 0 Å². The second-order valence-corrected chi connectivity index (χ2v) is 10.6. The monoisotopic (exact) mass is 622 g/mol. The van der Waals surface area contributed by atoms with Gasteiger partial charge in [0.05, 0.1) is 30.0 Å². The van der Waals surface area contributed by atoms with Gasteiger partial charge in [0.15, 0.2) is 16.6 Å². The molecule has 2 aromatic carbocycles. The van der Waals surface area contributed by atoms with E-state index >= 15 is 8.78 Å². The number of hydrogen-bond acceptors (Lipinski definition) is 6. The van der Waals surface area contributed by atoms with Gasteiger partial charge in [-0.1, -0.05) is 20.8 Å². The van der Waals surface area contributed by atoms with Crippen LogP contribution in [-0.2, 0) is 9.53 Å². The molecule has 232 valence electrons. The number of morpholine rings is 1. The predicted octanol–water partition coefficient (Wildman–Crippen LogP) is 6.51. The molecule has 0 aliphatic carbocycles. The van der Waals surface area contributed by atoms with Crippen molar-refractivity contribution < 1.29 is 31.5 Å². The highest BCUT2D eigenvalue weighted by Gasteiger charge is 2.57. The molecule has 0 spiro atoms. The summed E-state index contributed by atoms with van der Waals surface area (Å²) in [6, 6.07) is 8.71. The molecule has 1 amide bonds. The maximum absolute atomic E-state index is 15.2. The summed E-state index contributed by atoms with van der Waals surface area (Å²) in [7, 11) is 0. The molecule has 2 aliphatic heterocycles. The Morgan fingerprint density at radius 3 is 2.40 bits per heavy atom. The van der Waals surface area contributed by atoms with Crippen molar-refractivity contribution in [2.45, 2.75) is 51.7 Å². The second-order valence-electron chi connectivity index (χ2n) is 10.2. The van der Waals surface area contributed by atoms with Crippen LogP contribution in [0.5, 0.6) is 0 Å². The Bertz CT molecular complexity index is 1470. The fraction of sp³-hybridized carbons (Fsp3) is 0.419. The molecule has 3 heterocycles. The molecule has 5 rings (SSSR count). The van der Waals surface area contributed by atoms with E-state index in [2.05, 4.69) is 22.2 Å². The average molecular weight is 623 g/mol. The van der Waals surface area contributed by atoms with E-state index < -0.39 is 40.6 Å². The van der Waals surface area contributed by atoms with Crippen molar-refractivity contribution in [3.63, 3.8) is 0 Å². The van der Waals surface area contributed by atoms with Gasteiger partial charge >= 0.3 is 0 Å². The normalized spacial score (nSPS) is 22.2. The standard InChI is InChI=1S/C29H29ClF4N4O3.C2H6/c1-3-10-37-11-12-40-19(16-37)15-35-28(39)29(2)26(24-8-9-25(30)41-24)27(20-6-4-17(31)13-21(20)33)36-38(29)23-7-5-18(32)14-22(23)34;1-2/h4-9,13-14,19,26H,3,10-12,15-16H2,1-2H3,(H,35,39);1-2H3.